The van der Waals surface area contributed by atoms with Crippen molar-refractivity contribution in [2.45, 2.75) is 26.7 Å². The summed E-state index contributed by atoms with van der Waals surface area (Å²) in [7, 11) is 4.61. The Morgan fingerprint density at radius 1 is 1.03 bits per heavy atom. The largest absolute Gasteiger partial charge is 0.493 e. The molecule has 1 amide bonds. The number of rotatable bonds is 9. The zero-order valence-electron chi connectivity index (χ0n) is 17.7. The summed E-state index contributed by atoms with van der Waals surface area (Å²) < 4.78 is 21.6. The van der Waals surface area contributed by atoms with Crippen molar-refractivity contribution in [3.05, 3.63) is 47.0 Å². The molecule has 2 aromatic rings. The van der Waals surface area contributed by atoms with Crippen molar-refractivity contribution in [3.63, 3.8) is 0 Å². The first kappa shape index (κ1) is 22.1. The minimum absolute atomic E-state index is 0.129. The molecule has 0 spiro atoms. The van der Waals surface area contributed by atoms with Gasteiger partial charge in [-0.3, -0.25) is 4.79 Å². The van der Waals surface area contributed by atoms with Crippen LogP contribution in [0.5, 0.6) is 23.0 Å². The highest BCUT2D eigenvalue weighted by molar-refractivity contribution is 5.84. The van der Waals surface area contributed by atoms with Gasteiger partial charge >= 0.3 is 0 Å². The van der Waals surface area contributed by atoms with Crippen LogP contribution in [0.2, 0.25) is 0 Å². The SMILES string of the molecule is COc1cc(C=NNC(=O)COc2cc(C)ccc2C(C)C)cc(OC)c1OC. The molecule has 0 aliphatic heterocycles. The number of ether oxygens (including phenoxy) is 4. The average molecular weight is 400 g/mol. The molecule has 0 saturated heterocycles. The first-order valence-corrected chi connectivity index (χ1v) is 9.24. The Bertz CT molecular complexity index is 852. The Morgan fingerprint density at radius 3 is 2.24 bits per heavy atom. The monoisotopic (exact) mass is 400 g/mol. The smallest absolute Gasteiger partial charge is 0.277 e. The standard InChI is InChI=1S/C22H28N2O5/c1-14(2)17-8-7-15(3)9-18(17)29-13-21(25)24-23-12-16-10-19(26-4)22(28-6)20(11-16)27-5/h7-12,14H,13H2,1-6H3,(H,24,25). The number of carbonyl (C=O) groups is 1. The molecule has 0 saturated carbocycles. The van der Waals surface area contributed by atoms with E-state index in [0.717, 1.165) is 11.1 Å². The quantitative estimate of drug-likeness (QED) is 0.513. The Kier molecular flexibility index (Phi) is 7.88. The number of amides is 1. The van der Waals surface area contributed by atoms with E-state index < -0.39 is 0 Å². The highest BCUT2D eigenvalue weighted by Gasteiger charge is 2.13. The summed E-state index contributed by atoms with van der Waals surface area (Å²) in [5.41, 5.74) is 5.28. The maximum Gasteiger partial charge on any atom is 0.277 e. The highest BCUT2D eigenvalue weighted by Crippen LogP contribution is 2.37. The van der Waals surface area contributed by atoms with E-state index in [2.05, 4.69) is 24.4 Å². The summed E-state index contributed by atoms with van der Waals surface area (Å²) >= 11 is 0. The Balaban J connectivity index is 2.01. The molecule has 0 aliphatic carbocycles. The van der Waals surface area contributed by atoms with Gasteiger partial charge in [0.05, 0.1) is 27.5 Å². The molecule has 0 unspecified atom stereocenters. The molecule has 0 radical (unpaired) electrons. The van der Waals surface area contributed by atoms with Crippen molar-refractivity contribution in [3.8, 4) is 23.0 Å². The van der Waals surface area contributed by atoms with Crippen LogP contribution in [0.4, 0.5) is 0 Å². The van der Waals surface area contributed by atoms with E-state index >= 15 is 0 Å². The van der Waals surface area contributed by atoms with Gasteiger partial charge in [-0.2, -0.15) is 5.10 Å². The van der Waals surface area contributed by atoms with Gasteiger partial charge in [0, 0.05) is 5.56 Å². The molecule has 1 N–H and O–H groups in total. The molecule has 2 rings (SSSR count). The van der Waals surface area contributed by atoms with E-state index in [1.807, 2.05) is 25.1 Å². The fourth-order valence-corrected chi connectivity index (χ4v) is 2.77. The lowest BCUT2D eigenvalue weighted by atomic mass is 10.0. The van der Waals surface area contributed by atoms with E-state index in [1.54, 1.807) is 12.1 Å². The van der Waals surface area contributed by atoms with Crippen molar-refractivity contribution >= 4 is 12.1 Å². The number of hydrazone groups is 1. The third-order valence-electron chi connectivity index (χ3n) is 4.24. The molecule has 156 valence electrons. The molecule has 7 nitrogen and oxygen atoms in total. The predicted molar refractivity (Wildman–Crippen MR) is 113 cm³/mol. The van der Waals surface area contributed by atoms with Crippen LogP contribution in [0.3, 0.4) is 0 Å². The minimum atomic E-state index is -0.357. The first-order chi connectivity index (χ1) is 13.9. The van der Waals surface area contributed by atoms with Gasteiger partial charge < -0.3 is 18.9 Å². The van der Waals surface area contributed by atoms with Crippen LogP contribution in [-0.2, 0) is 4.79 Å². The molecule has 2 aromatic carbocycles. The minimum Gasteiger partial charge on any atom is -0.493 e. The average Bonchev–Trinajstić information content (AvgIpc) is 2.71. The number of benzene rings is 2. The predicted octanol–water partition coefficient (Wildman–Crippen LogP) is 3.67. The zero-order chi connectivity index (χ0) is 21.4. The van der Waals surface area contributed by atoms with Crippen molar-refractivity contribution in [2.75, 3.05) is 27.9 Å². The van der Waals surface area contributed by atoms with E-state index in [-0.39, 0.29) is 12.5 Å². The normalized spacial score (nSPS) is 10.9. The summed E-state index contributed by atoms with van der Waals surface area (Å²) in [6, 6.07) is 9.45. The Hall–Kier alpha value is -3.22. The van der Waals surface area contributed by atoms with Crippen LogP contribution in [-0.4, -0.2) is 40.1 Å². The number of hydrogen-bond donors (Lipinski definition) is 1. The van der Waals surface area contributed by atoms with Crippen LogP contribution in [0.25, 0.3) is 0 Å². The third kappa shape index (κ3) is 5.88. The van der Waals surface area contributed by atoms with Crippen molar-refractivity contribution in [1.29, 1.82) is 0 Å². The summed E-state index contributed by atoms with van der Waals surface area (Å²) in [5.74, 6) is 2.15. The van der Waals surface area contributed by atoms with Gasteiger partial charge in [0.15, 0.2) is 18.1 Å². The van der Waals surface area contributed by atoms with Gasteiger partial charge in [-0.1, -0.05) is 26.0 Å². The van der Waals surface area contributed by atoms with Crippen LogP contribution >= 0.6 is 0 Å². The second kappa shape index (κ2) is 10.4. The van der Waals surface area contributed by atoms with Gasteiger partial charge in [-0.15, -0.1) is 0 Å². The first-order valence-electron chi connectivity index (χ1n) is 9.24. The van der Waals surface area contributed by atoms with Crippen molar-refractivity contribution in [1.82, 2.24) is 5.43 Å². The maximum absolute atomic E-state index is 12.1. The topological polar surface area (TPSA) is 78.4 Å². The summed E-state index contributed by atoms with van der Waals surface area (Å²) in [6.45, 7) is 6.02. The van der Waals surface area contributed by atoms with Gasteiger partial charge in [-0.25, -0.2) is 5.43 Å². The number of carbonyl (C=O) groups excluding carboxylic acids is 1. The van der Waals surface area contributed by atoms with E-state index in [9.17, 15) is 4.79 Å². The molecule has 0 aromatic heterocycles. The molecule has 0 aliphatic rings. The Labute approximate surface area is 171 Å². The fraction of sp³-hybridized carbons (Fsp3) is 0.364. The van der Waals surface area contributed by atoms with Gasteiger partial charge in [0.2, 0.25) is 5.75 Å². The number of aryl methyl sites for hydroxylation is 1. The summed E-state index contributed by atoms with van der Waals surface area (Å²) in [4.78, 5) is 12.1. The van der Waals surface area contributed by atoms with Gasteiger partial charge in [0.25, 0.3) is 5.91 Å². The van der Waals surface area contributed by atoms with Crippen LogP contribution in [0.1, 0.15) is 36.5 Å². The molecular formula is C22H28N2O5. The second-order valence-corrected chi connectivity index (χ2v) is 6.74. The number of hydrogen-bond acceptors (Lipinski definition) is 6. The fourth-order valence-electron chi connectivity index (χ4n) is 2.77. The molecule has 0 bridgehead atoms. The van der Waals surface area contributed by atoms with E-state index in [4.69, 9.17) is 18.9 Å². The molecule has 0 fully saturated rings. The summed E-state index contributed by atoms with van der Waals surface area (Å²) in [6.07, 6.45) is 1.49. The number of methoxy groups -OCH3 is 3. The van der Waals surface area contributed by atoms with Crippen LogP contribution in [0, 0.1) is 6.92 Å². The molecule has 0 atom stereocenters. The molecular weight excluding hydrogens is 372 g/mol. The molecule has 0 heterocycles. The van der Waals surface area contributed by atoms with Gasteiger partial charge in [0.1, 0.15) is 5.75 Å². The summed E-state index contributed by atoms with van der Waals surface area (Å²) in [5, 5.41) is 3.98. The van der Waals surface area contributed by atoms with E-state index in [1.165, 1.54) is 27.5 Å². The van der Waals surface area contributed by atoms with Crippen LogP contribution < -0.4 is 24.4 Å². The van der Waals surface area contributed by atoms with Crippen molar-refractivity contribution in [2.24, 2.45) is 5.10 Å². The lowest BCUT2D eigenvalue weighted by Crippen LogP contribution is -2.25. The maximum atomic E-state index is 12.1. The lowest BCUT2D eigenvalue weighted by Gasteiger charge is -2.14. The van der Waals surface area contributed by atoms with Crippen LogP contribution in [0.15, 0.2) is 35.4 Å². The number of nitrogens with zero attached hydrogens (tertiary/aromatic N) is 1. The van der Waals surface area contributed by atoms with Crippen molar-refractivity contribution < 1.29 is 23.7 Å². The molecule has 29 heavy (non-hydrogen) atoms. The Morgan fingerprint density at radius 2 is 1.69 bits per heavy atom. The van der Waals surface area contributed by atoms with Gasteiger partial charge in [-0.05, 0) is 42.2 Å². The third-order valence-corrected chi connectivity index (χ3v) is 4.24. The molecule has 7 heteroatoms. The highest BCUT2D eigenvalue weighted by atomic mass is 16.5. The lowest BCUT2D eigenvalue weighted by molar-refractivity contribution is -0.123. The number of nitrogens with one attached hydrogen (secondary N) is 1. The van der Waals surface area contributed by atoms with E-state index in [0.29, 0.717) is 34.5 Å². The second-order valence-electron chi connectivity index (χ2n) is 6.74. The zero-order valence-corrected chi connectivity index (χ0v) is 17.7.